The van der Waals surface area contributed by atoms with Crippen LogP contribution < -0.4 is 5.32 Å². The fraction of sp³-hybridized carbons (Fsp3) is 0.571. The molecule has 0 heterocycles. The average Bonchev–Trinajstić information content (AvgIpc) is 2.34. The smallest absolute Gasteiger partial charge is 0.162 e. The third-order valence-corrected chi connectivity index (χ3v) is 3.65. The van der Waals surface area contributed by atoms with E-state index < -0.39 is 11.6 Å². The van der Waals surface area contributed by atoms with Crippen molar-refractivity contribution in [3.63, 3.8) is 0 Å². The Labute approximate surface area is 102 Å². The first-order chi connectivity index (χ1) is 8.08. The van der Waals surface area contributed by atoms with Gasteiger partial charge in [0.2, 0.25) is 0 Å². The second-order valence-electron chi connectivity index (χ2n) is 4.63. The van der Waals surface area contributed by atoms with E-state index in [2.05, 4.69) is 19.2 Å². The van der Waals surface area contributed by atoms with E-state index in [4.69, 9.17) is 0 Å². The van der Waals surface area contributed by atoms with Gasteiger partial charge in [-0.25, -0.2) is 8.78 Å². The molecule has 0 spiro atoms. The molecule has 0 atom stereocenters. The molecule has 0 amide bonds. The van der Waals surface area contributed by atoms with E-state index >= 15 is 0 Å². The van der Waals surface area contributed by atoms with Crippen LogP contribution >= 0.6 is 0 Å². The van der Waals surface area contributed by atoms with Crippen molar-refractivity contribution < 1.29 is 8.78 Å². The Morgan fingerprint density at radius 1 is 1.18 bits per heavy atom. The fourth-order valence-electron chi connectivity index (χ4n) is 2.28. The highest BCUT2D eigenvalue weighted by Gasteiger charge is 2.27. The average molecular weight is 241 g/mol. The van der Waals surface area contributed by atoms with Crippen molar-refractivity contribution in [1.29, 1.82) is 0 Å². The zero-order valence-electron chi connectivity index (χ0n) is 10.8. The molecule has 96 valence electrons. The molecule has 0 radical (unpaired) electrons. The zero-order valence-corrected chi connectivity index (χ0v) is 10.8. The topological polar surface area (TPSA) is 12.0 Å². The number of nitrogens with one attached hydrogen (secondary N) is 1. The maximum atomic E-state index is 13.6. The van der Waals surface area contributed by atoms with Gasteiger partial charge in [-0.3, -0.25) is 0 Å². The lowest BCUT2D eigenvalue weighted by molar-refractivity contribution is 0.249. The molecular weight excluding hydrogens is 220 g/mol. The van der Waals surface area contributed by atoms with Crippen LogP contribution in [-0.4, -0.2) is 13.6 Å². The van der Waals surface area contributed by atoms with E-state index in [1.54, 1.807) is 12.1 Å². The monoisotopic (exact) mass is 241 g/mol. The van der Waals surface area contributed by atoms with Gasteiger partial charge in [-0.15, -0.1) is 0 Å². The Morgan fingerprint density at radius 2 is 1.82 bits per heavy atom. The van der Waals surface area contributed by atoms with E-state index in [9.17, 15) is 8.78 Å². The van der Waals surface area contributed by atoms with Crippen LogP contribution in [0.3, 0.4) is 0 Å². The third-order valence-electron chi connectivity index (χ3n) is 3.65. The lowest BCUT2D eigenvalue weighted by Crippen LogP contribution is -2.34. The van der Waals surface area contributed by atoms with Crippen molar-refractivity contribution in [2.45, 2.75) is 33.1 Å². The van der Waals surface area contributed by atoms with E-state index in [0.29, 0.717) is 12.0 Å². The summed E-state index contributed by atoms with van der Waals surface area (Å²) in [6.07, 6.45) is 2.46. The molecule has 0 aliphatic carbocycles. The summed E-state index contributed by atoms with van der Waals surface area (Å²) < 4.78 is 26.8. The molecule has 17 heavy (non-hydrogen) atoms. The van der Waals surface area contributed by atoms with Crippen LogP contribution in [0, 0.1) is 17.0 Å². The number of rotatable bonds is 6. The summed E-state index contributed by atoms with van der Waals surface area (Å²) in [6.45, 7) is 5.01. The molecule has 1 aromatic rings. The zero-order chi connectivity index (χ0) is 12.9. The second kappa shape index (κ2) is 6.10. The minimum atomic E-state index is -0.756. The minimum Gasteiger partial charge on any atom is -0.319 e. The SMILES string of the molecule is CCC(CC)(CNC)Cc1cccc(F)c1F. The van der Waals surface area contributed by atoms with Crippen LogP contribution in [0.15, 0.2) is 18.2 Å². The van der Waals surface area contributed by atoms with Gasteiger partial charge < -0.3 is 5.32 Å². The molecule has 0 fully saturated rings. The molecule has 0 saturated carbocycles. The van der Waals surface area contributed by atoms with Crippen LogP contribution in [0.5, 0.6) is 0 Å². The summed E-state index contributed by atoms with van der Waals surface area (Å²) in [5.74, 6) is -1.46. The highest BCUT2D eigenvalue weighted by Crippen LogP contribution is 2.31. The van der Waals surface area contributed by atoms with E-state index in [1.807, 2.05) is 7.05 Å². The summed E-state index contributed by atoms with van der Waals surface area (Å²) in [6, 6.07) is 4.41. The Morgan fingerprint density at radius 3 is 2.35 bits per heavy atom. The molecule has 1 aromatic carbocycles. The normalized spacial score (nSPS) is 11.8. The van der Waals surface area contributed by atoms with Crippen LogP contribution in [0.4, 0.5) is 8.78 Å². The third kappa shape index (κ3) is 3.25. The van der Waals surface area contributed by atoms with Crippen molar-refractivity contribution >= 4 is 0 Å². The number of hydrogen-bond acceptors (Lipinski definition) is 1. The number of benzene rings is 1. The lowest BCUT2D eigenvalue weighted by Gasteiger charge is -2.32. The van der Waals surface area contributed by atoms with Crippen molar-refractivity contribution in [1.82, 2.24) is 5.32 Å². The van der Waals surface area contributed by atoms with Gasteiger partial charge in [-0.05, 0) is 43.4 Å². The molecular formula is C14H21F2N. The molecule has 0 aliphatic rings. The molecule has 0 aromatic heterocycles. The van der Waals surface area contributed by atoms with Crippen molar-refractivity contribution in [3.05, 3.63) is 35.4 Å². The lowest BCUT2D eigenvalue weighted by atomic mass is 9.77. The molecule has 1 N–H and O–H groups in total. The molecule has 0 bridgehead atoms. The summed E-state index contributed by atoms with van der Waals surface area (Å²) in [5, 5.41) is 3.15. The van der Waals surface area contributed by atoms with E-state index in [0.717, 1.165) is 25.5 Å². The van der Waals surface area contributed by atoms with E-state index in [1.165, 1.54) is 0 Å². The van der Waals surface area contributed by atoms with Gasteiger partial charge in [0.1, 0.15) is 0 Å². The summed E-state index contributed by atoms with van der Waals surface area (Å²) in [4.78, 5) is 0. The Kier molecular flexibility index (Phi) is 5.06. The van der Waals surface area contributed by atoms with Gasteiger partial charge >= 0.3 is 0 Å². The molecule has 1 rings (SSSR count). The number of hydrogen-bond donors (Lipinski definition) is 1. The highest BCUT2D eigenvalue weighted by molar-refractivity contribution is 5.20. The van der Waals surface area contributed by atoms with Gasteiger partial charge in [0, 0.05) is 6.54 Å². The van der Waals surface area contributed by atoms with Gasteiger partial charge in [0.05, 0.1) is 0 Å². The first kappa shape index (κ1) is 14.1. The second-order valence-corrected chi connectivity index (χ2v) is 4.63. The molecule has 0 aliphatic heterocycles. The predicted octanol–water partition coefficient (Wildman–Crippen LogP) is 3.53. The van der Waals surface area contributed by atoms with Crippen LogP contribution in [0.1, 0.15) is 32.3 Å². The highest BCUT2D eigenvalue weighted by atomic mass is 19.2. The molecule has 1 nitrogen and oxygen atoms in total. The van der Waals surface area contributed by atoms with Gasteiger partial charge in [-0.2, -0.15) is 0 Å². The minimum absolute atomic E-state index is 0.00336. The van der Waals surface area contributed by atoms with Crippen molar-refractivity contribution in [2.75, 3.05) is 13.6 Å². The summed E-state index contributed by atoms with van der Waals surface area (Å²) >= 11 is 0. The van der Waals surface area contributed by atoms with Gasteiger partial charge in [0.15, 0.2) is 11.6 Å². The van der Waals surface area contributed by atoms with Crippen molar-refractivity contribution in [2.24, 2.45) is 5.41 Å². The van der Waals surface area contributed by atoms with Crippen LogP contribution in [0.2, 0.25) is 0 Å². The number of halogens is 2. The fourth-order valence-corrected chi connectivity index (χ4v) is 2.28. The quantitative estimate of drug-likeness (QED) is 0.803. The maximum Gasteiger partial charge on any atom is 0.162 e. The Balaban J connectivity index is 2.97. The van der Waals surface area contributed by atoms with Gasteiger partial charge in [0.25, 0.3) is 0 Å². The van der Waals surface area contributed by atoms with Gasteiger partial charge in [-0.1, -0.05) is 26.0 Å². The summed E-state index contributed by atoms with van der Waals surface area (Å²) in [7, 11) is 1.89. The van der Waals surface area contributed by atoms with Crippen molar-refractivity contribution in [3.8, 4) is 0 Å². The largest absolute Gasteiger partial charge is 0.319 e. The van der Waals surface area contributed by atoms with E-state index in [-0.39, 0.29) is 5.41 Å². The Hall–Kier alpha value is -0.960. The molecule has 0 unspecified atom stereocenters. The maximum absolute atomic E-state index is 13.6. The summed E-state index contributed by atoms with van der Waals surface area (Å²) in [5.41, 5.74) is 0.479. The first-order valence-electron chi connectivity index (χ1n) is 6.16. The van der Waals surface area contributed by atoms with Crippen LogP contribution in [-0.2, 0) is 6.42 Å². The predicted molar refractivity (Wildman–Crippen MR) is 67.0 cm³/mol. The molecule has 3 heteroatoms. The standard InChI is InChI=1S/C14H21F2N/c1-4-14(5-2,10-17-3)9-11-7-6-8-12(15)13(11)16/h6-8,17H,4-5,9-10H2,1-3H3. The Bertz CT molecular complexity index is 359. The molecule has 0 saturated heterocycles. The first-order valence-corrected chi connectivity index (χ1v) is 6.16. The van der Waals surface area contributed by atoms with Crippen LogP contribution in [0.25, 0.3) is 0 Å².